The van der Waals surface area contributed by atoms with Gasteiger partial charge >= 0.3 is 0 Å². The minimum atomic E-state index is -1.50. The molecule has 0 aromatic heterocycles. The molecule has 2 nitrogen and oxygen atoms in total. The van der Waals surface area contributed by atoms with Crippen LogP contribution >= 0.6 is 0 Å². The second-order valence-electron chi connectivity index (χ2n) is 5.34. The summed E-state index contributed by atoms with van der Waals surface area (Å²) in [6.07, 6.45) is 0. The summed E-state index contributed by atoms with van der Waals surface area (Å²) in [5.74, 6) is -2.95. The summed E-state index contributed by atoms with van der Waals surface area (Å²) in [7, 11) is 3.02. The average molecular weight is 344 g/mol. The van der Waals surface area contributed by atoms with E-state index in [1.807, 2.05) is 24.3 Å². The van der Waals surface area contributed by atoms with E-state index >= 15 is 0 Å². The van der Waals surface area contributed by atoms with Crippen LogP contribution in [-0.4, -0.2) is 14.2 Å². The Balaban J connectivity index is 2.24. The summed E-state index contributed by atoms with van der Waals surface area (Å²) in [4.78, 5) is 0. The molecule has 0 fully saturated rings. The fraction of sp³-hybridized carbons (Fsp3) is 0.100. The third-order valence-electron chi connectivity index (χ3n) is 3.91. The van der Waals surface area contributed by atoms with Crippen molar-refractivity contribution in [3.8, 4) is 33.8 Å². The molecule has 128 valence electrons. The molecular formula is C20H15F3O2. The van der Waals surface area contributed by atoms with Crippen molar-refractivity contribution in [3.63, 3.8) is 0 Å². The van der Waals surface area contributed by atoms with E-state index in [0.717, 1.165) is 17.7 Å². The third-order valence-corrected chi connectivity index (χ3v) is 3.91. The van der Waals surface area contributed by atoms with Crippen molar-refractivity contribution in [2.75, 3.05) is 14.2 Å². The van der Waals surface area contributed by atoms with E-state index < -0.39 is 17.5 Å². The molecule has 0 saturated carbocycles. The second-order valence-corrected chi connectivity index (χ2v) is 5.34. The Morgan fingerprint density at radius 1 is 0.680 bits per heavy atom. The van der Waals surface area contributed by atoms with Gasteiger partial charge in [-0.15, -0.1) is 0 Å². The highest BCUT2D eigenvalue weighted by Crippen LogP contribution is 2.42. The Morgan fingerprint density at radius 3 is 1.92 bits per heavy atom. The van der Waals surface area contributed by atoms with Gasteiger partial charge in [-0.05, 0) is 23.8 Å². The van der Waals surface area contributed by atoms with Gasteiger partial charge in [0.25, 0.3) is 0 Å². The monoisotopic (exact) mass is 344 g/mol. The second kappa shape index (κ2) is 6.89. The maximum absolute atomic E-state index is 13.6. The summed E-state index contributed by atoms with van der Waals surface area (Å²) in [5.41, 5.74) is 2.10. The highest BCUT2D eigenvalue weighted by molar-refractivity contribution is 5.84. The molecule has 0 aliphatic rings. The molecule has 0 atom stereocenters. The van der Waals surface area contributed by atoms with Crippen molar-refractivity contribution < 1.29 is 22.6 Å². The molecule has 0 aliphatic carbocycles. The van der Waals surface area contributed by atoms with Gasteiger partial charge in [-0.1, -0.05) is 36.4 Å². The Bertz CT molecular complexity index is 900. The Kier molecular flexibility index (Phi) is 4.65. The smallest absolute Gasteiger partial charge is 0.194 e. The lowest BCUT2D eigenvalue weighted by Crippen LogP contribution is -1.96. The van der Waals surface area contributed by atoms with Crippen molar-refractivity contribution in [2.45, 2.75) is 0 Å². The predicted molar refractivity (Wildman–Crippen MR) is 90.3 cm³/mol. The van der Waals surface area contributed by atoms with Crippen LogP contribution in [0, 0.1) is 17.5 Å². The van der Waals surface area contributed by atoms with Gasteiger partial charge in [0.2, 0.25) is 0 Å². The number of rotatable bonds is 4. The minimum absolute atomic E-state index is 0.185. The van der Waals surface area contributed by atoms with Crippen LogP contribution in [-0.2, 0) is 0 Å². The molecule has 3 aromatic rings. The molecule has 3 aromatic carbocycles. The lowest BCUT2D eigenvalue weighted by Gasteiger charge is -2.16. The van der Waals surface area contributed by atoms with Gasteiger partial charge < -0.3 is 9.47 Å². The zero-order valence-electron chi connectivity index (χ0n) is 13.6. The number of para-hydroxylation sites is 2. The van der Waals surface area contributed by atoms with Crippen LogP contribution < -0.4 is 9.47 Å². The van der Waals surface area contributed by atoms with E-state index in [2.05, 4.69) is 0 Å². The fourth-order valence-electron chi connectivity index (χ4n) is 2.77. The van der Waals surface area contributed by atoms with Crippen LogP contribution in [0.15, 0.2) is 54.6 Å². The Hall–Kier alpha value is -2.95. The van der Waals surface area contributed by atoms with Gasteiger partial charge in [-0.25, -0.2) is 13.2 Å². The fourth-order valence-corrected chi connectivity index (χ4v) is 2.77. The van der Waals surface area contributed by atoms with Gasteiger partial charge in [-0.2, -0.15) is 0 Å². The molecule has 0 amide bonds. The summed E-state index contributed by atoms with van der Waals surface area (Å²) >= 11 is 0. The van der Waals surface area contributed by atoms with E-state index in [1.54, 1.807) is 25.3 Å². The van der Waals surface area contributed by atoms with Crippen molar-refractivity contribution in [1.82, 2.24) is 0 Å². The quantitative estimate of drug-likeness (QED) is 0.586. The van der Waals surface area contributed by atoms with Crippen molar-refractivity contribution in [1.29, 1.82) is 0 Å². The molecule has 0 aliphatic heterocycles. The van der Waals surface area contributed by atoms with E-state index in [1.165, 1.54) is 7.11 Å². The molecule has 3 rings (SSSR count). The number of benzene rings is 3. The predicted octanol–water partition coefficient (Wildman–Crippen LogP) is 5.46. The molecule has 0 heterocycles. The highest BCUT2D eigenvalue weighted by atomic mass is 19.2. The van der Waals surface area contributed by atoms with Crippen LogP contribution in [0.2, 0.25) is 0 Å². The minimum Gasteiger partial charge on any atom is -0.496 e. The SMILES string of the molecule is COc1ccccc1-c1cccc(-c2cc(F)c(F)c(F)c2)c1OC. The Morgan fingerprint density at radius 2 is 1.28 bits per heavy atom. The first-order valence-electron chi connectivity index (χ1n) is 7.52. The van der Waals surface area contributed by atoms with Crippen LogP contribution in [0.4, 0.5) is 13.2 Å². The summed E-state index contributed by atoms with van der Waals surface area (Å²) in [5, 5.41) is 0. The average Bonchev–Trinajstić information content (AvgIpc) is 2.64. The largest absolute Gasteiger partial charge is 0.496 e. The van der Waals surface area contributed by atoms with Crippen LogP contribution in [0.25, 0.3) is 22.3 Å². The van der Waals surface area contributed by atoms with Gasteiger partial charge in [-0.3, -0.25) is 0 Å². The van der Waals surface area contributed by atoms with Crippen molar-refractivity contribution in [2.24, 2.45) is 0 Å². The lowest BCUT2D eigenvalue weighted by molar-refractivity contribution is 0.411. The standard InChI is InChI=1S/C20H15F3O2/c1-24-18-9-4-3-6-14(18)15-8-5-7-13(20(15)25-2)12-10-16(21)19(23)17(22)11-12/h3-11H,1-2H3. The molecule has 0 spiro atoms. The summed E-state index contributed by atoms with van der Waals surface area (Å²) in [6, 6.07) is 14.4. The van der Waals surface area contributed by atoms with Crippen LogP contribution in [0.5, 0.6) is 11.5 Å². The Labute approximate surface area is 143 Å². The number of hydrogen-bond donors (Lipinski definition) is 0. The number of halogens is 3. The molecule has 25 heavy (non-hydrogen) atoms. The molecule has 0 N–H and O–H groups in total. The van der Waals surface area contributed by atoms with Gasteiger partial charge in [0.1, 0.15) is 11.5 Å². The highest BCUT2D eigenvalue weighted by Gasteiger charge is 2.18. The molecule has 0 bridgehead atoms. The first kappa shape index (κ1) is 16.9. The number of hydrogen-bond acceptors (Lipinski definition) is 2. The zero-order valence-corrected chi connectivity index (χ0v) is 13.6. The van der Waals surface area contributed by atoms with Crippen LogP contribution in [0.1, 0.15) is 0 Å². The topological polar surface area (TPSA) is 18.5 Å². The molecule has 5 heteroatoms. The summed E-state index contributed by atoms with van der Waals surface area (Å²) < 4.78 is 51.4. The number of methoxy groups -OCH3 is 2. The molecule has 0 radical (unpaired) electrons. The number of ether oxygens (including phenoxy) is 2. The van der Waals surface area contributed by atoms with Crippen molar-refractivity contribution in [3.05, 3.63) is 72.0 Å². The van der Waals surface area contributed by atoms with Crippen LogP contribution in [0.3, 0.4) is 0 Å². The van der Waals surface area contributed by atoms with E-state index in [4.69, 9.17) is 9.47 Å². The van der Waals surface area contributed by atoms with Gasteiger partial charge in [0.15, 0.2) is 17.5 Å². The van der Waals surface area contributed by atoms with E-state index in [9.17, 15) is 13.2 Å². The van der Waals surface area contributed by atoms with E-state index in [-0.39, 0.29) is 5.56 Å². The lowest BCUT2D eigenvalue weighted by atomic mass is 9.96. The third kappa shape index (κ3) is 3.05. The van der Waals surface area contributed by atoms with Crippen molar-refractivity contribution >= 4 is 0 Å². The van der Waals surface area contributed by atoms with E-state index in [0.29, 0.717) is 22.6 Å². The van der Waals surface area contributed by atoms with Gasteiger partial charge in [0, 0.05) is 16.7 Å². The maximum atomic E-state index is 13.6. The first-order chi connectivity index (χ1) is 12.1. The summed E-state index contributed by atoms with van der Waals surface area (Å²) in [6.45, 7) is 0. The zero-order chi connectivity index (χ0) is 18.0. The molecule has 0 unspecified atom stereocenters. The normalized spacial score (nSPS) is 10.6. The molecule has 0 saturated heterocycles. The maximum Gasteiger partial charge on any atom is 0.194 e. The molecular weight excluding hydrogens is 329 g/mol. The first-order valence-corrected chi connectivity index (χ1v) is 7.52. The van der Waals surface area contributed by atoms with Gasteiger partial charge in [0.05, 0.1) is 14.2 Å².